The van der Waals surface area contributed by atoms with Gasteiger partial charge in [0.25, 0.3) is 0 Å². The van der Waals surface area contributed by atoms with Gasteiger partial charge >= 0.3 is 0 Å². The maximum atomic E-state index is 4.74. The van der Waals surface area contributed by atoms with Crippen LogP contribution in [0.1, 0.15) is 70.5 Å². The summed E-state index contributed by atoms with van der Waals surface area (Å²) in [5, 5.41) is 7.07. The monoisotopic (exact) mass is 280 g/mol. The molecular weight excluding hydrogens is 252 g/mol. The molecule has 1 aliphatic carbocycles. The first kappa shape index (κ1) is 15.0. The average molecular weight is 280 g/mol. The van der Waals surface area contributed by atoms with Crippen molar-refractivity contribution in [1.29, 1.82) is 0 Å². The van der Waals surface area contributed by atoms with E-state index in [-0.39, 0.29) is 5.41 Å². The van der Waals surface area contributed by atoms with E-state index in [2.05, 4.69) is 38.4 Å². The van der Waals surface area contributed by atoms with E-state index >= 15 is 0 Å². The standard InChI is InChI=1S/C16H28N2S/c1-15(2,3)14-18-13(11-19-14)10-17-12-16(4)8-6-5-7-9-16/h11,17H,5-10,12H2,1-4H3. The Bertz CT molecular complexity index is 397. The molecule has 0 saturated heterocycles. The Kier molecular flexibility index (Phi) is 4.67. The molecule has 1 heterocycles. The molecule has 0 spiro atoms. The molecule has 0 atom stereocenters. The lowest BCUT2D eigenvalue weighted by Gasteiger charge is -2.33. The highest BCUT2D eigenvalue weighted by atomic mass is 32.1. The minimum absolute atomic E-state index is 0.179. The second-order valence-electron chi connectivity index (χ2n) is 7.37. The van der Waals surface area contributed by atoms with E-state index in [1.165, 1.54) is 42.8 Å². The van der Waals surface area contributed by atoms with Gasteiger partial charge in [-0.15, -0.1) is 11.3 Å². The van der Waals surface area contributed by atoms with Crippen LogP contribution in [0.25, 0.3) is 0 Å². The molecule has 1 fully saturated rings. The Morgan fingerprint density at radius 1 is 1.26 bits per heavy atom. The van der Waals surface area contributed by atoms with Gasteiger partial charge < -0.3 is 5.32 Å². The van der Waals surface area contributed by atoms with E-state index in [0.717, 1.165) is 13.1 Å². The van der Waals surface area contributed by atoms with Gasteiger partial charge in [0.1, 0.15) is 0 Å². The van der Waals surface area contributed by atoms with Crippen molar-refractivity contribution in [3.8, 4) is 0 Å². The van der Waals surface area contributed by atoms with Crippen LogP contribution in [0.2, 0.25) is 0 Å². The van der Waals surface area contributed by atoms with Crippen LogP contribution < -0.4 is 5.32 Å². The Balaban J connectivity index is 1.81. The maximum absolute atomic E-state index is 4.74. The predicted molar refractivity (Wildman–Crippen MR) is 83.7 cm³/mol. The van der Waals surface area contributed by atoms with Gasteiger partial charge in [0.15, 0.2) is 0 Å². The third-order valence-electron chi connectivity index (χ3n) is 4.11. The fourth-order valence-corrected chi connectivity index (χ4v) is 3.71. The van der Waals surface area contributed by atoms with E-state index in [1.54, 1.807) is 11.3 Å². The number of thiazole rings is 1. The molecule has 1 aliphatic rings. The van der Waals surface area contributed by atoms with Gasteiger partial charge in [0.2, 0.25) is 0 Å². The summed E-state index contributed by atoms with van der Waals surface area (Å²) < 4.78 is 0. The summed E-state index contributed by atoms with van der Waals surface area (Å²) in [4.78, 5) is 4.74. The quantitative estimate of drug-likeness (QED) is 0.878. The highest BCUT2D eigenvalue weighted by Crippen LogP contribution is 2.35. The minimum Gasteiger partial charge on any atom is -0.311 e. The topological polar surface area (TPSA) is 24.9 Å². The normalized spacial score (nSPS) is 19.6. The van der Waals surface area contributed by atoms with Crippen LogP contribution in [0.3, 0.4) is 0 Å². The fourth-order valence-electron chi connectivity index (χ4n) is 2.81. The smallest absolute Gasteiger partial charge is 0.0982 e. The summed E-state index contributed by atoms with van der Waals surface area (Å²) in [5.74, 6) is 0. The molecule has 0 unspecified atom stereocenters. The maximum Gasteiger partial charge on any atom is 0.0982 e. The summed E-state index contributed by atoms with van der Waals surface area (Å²) in [7, 11) is 0. The zero-order chi connectivity index (χ0) is 13.9. The van der Waals surface area contributed by atoms with Gasteiger partial charge in [0, 0.05) is 23.9 Å². The molecule has 0 amide bonds. The lowest BCUT2D eigenvalue weighted by Crippen LogP contribution is -2.33. The first-order valence-electron chi connectivity index (χ1n) is 7.55. The zero-order valence-electron chi connectivity index (χ0n) is 12.9. The molecule has 2 rings (SSSR count). The van der Waals surface area contributed by atoms with Gasteiger partial charge in [-0.3, -0.25) is 0 Å². The average Bonchev–Trinajstić information content (AvgIpc) is 2.78. The van der Waals surface area contributed by atoms with Crippen molar-refractivity contribution in [1.82, 2.24) is 10.3 Å². The van der Waals surface area contributed by atoms with Crippen molar-refractivity contribution >= 4 is 11.3 Å². The van der Waals surface area contributed by atoms with Crippen LogP contribution in [0.5, 0.6) is 0 Å². The van der Waals surface area contributed by atoms with Crippen LogP contribution in [-0.4, -0.2) is 11.5 Å². The lowest BCUT2D eigenvalue weighted by molar-refractivity contribution is 0.207. The summed E-state index contributed by atoms with van der Waals surface area (Å²) in [5.41, 5.74) is 1.90. The van der Waals surface area contributed by atoms with Crippen LogP contribution in [0.4, 0.5) is 0 Å². The van der Waals surface area contributed by atoms with Crippen molar-refractivity contribution < 1.29 is 0 Å². The van der Waals surface area contributed by atoms with Crippen LogP contribution >= 0.6 is 11.3 Å². The van der Waals surface area contributed by atoms with Crippen LogP contribution in [0, 0.1) is 5.41 Å². The Labute approximate surface area is 122 Å². The second-order valence-corrected chi connectivity index (χ2v) is 8.23. The number of hydrogen-bond acceptors (Lipinski definition) is 3. The van der Waals surface area contributed by atoms with Crippen molar-refractivity contribution in [3.05, 3.63) is 16.1 Å². The minimum atomic E-state index is 0.179. The molecule has 1 aromatic rings. The number of rotatable bonds is 4. The lowest BCUT2D eigenvalue weighted by atomic mass is 9.76. The first-order chi connectivity index (χ1) is 8.89. The molecule has 0 bridgehead atoms. The second kappa shape index (κ2) is 5.92. The fraction of sp³-hybridized carbons (Fsp3) is 0.812. The van der Waals surface area contributed by atoms with Crippen LogP contribution in [-0.2, 0) is 12.0 Å². The van der Waals surface area contributed by atoms with Crippen molar-refractivity contribution in [3.63, 3.8) is 0 Å². The summed E-state index contributed by atoms with van der Waals surface area (Å²) in [6.07, 6.45) is 7.00. The van der Waals surface area contributed by atoms with Gasteiger partial charge in [-0.2, -0.15) is 0 Å². The molecule has 108 valence electrons. The zero-order valence-corrected chi connectivity index (χ0v) is 13.7. The highest BCUT2D eigenvalue weighted by Gasteiger charge is 2.26. The Morgan fingerprint density at radius 2 is 1.95 bits per heavy atom. The number of hydrogen-bond donors (Lipinski definition) is 1. The molecule has 1 N–H and O–H groups in total. The number of aromatic nitrogens is 1. The summed E-state index contributed by atoms with van der Waals surface area (Å²) in [6, 6.07) is 0. The Hall–Kier alpha value is -0.410. The van der Waals surface area contributed by atoms with E-state index in [4.69, 9.17) is 4.98 Å². The van der Waals surface area contributed by atoms with E-state index in [1.807, 2.05) is 0 Å². The molecular formula is C16H28N2S. The van der Waals surface area contributed by atoms with Crippen molar-refractivity contribution in [2.75, 3.05) is 6.54 Å². The largest absolute Gasteiger partial charge is 0.311 e. The van der Waals surface area contributed by atoms with Gasteiger partial charge in [-0.1, -0.05) is 47.0 Å². The van der Waals surface area contributed by atoms with Crippen LogP contribution in [0.15, 0.2) is 5.38 Å². The molecule has 0 radical (unpaired) electrons. The van der Waals surface area contributed by atoms with E-state index < -0.39 is 0 Å². The molecule has 1 saturated carbocycles. The number of nitrogens with zero attached hydrogens (tertiary/aromatic N) is 1. The van der Waals surface area contributed by atoms with Crippen molar-refractivity contribution in [2.45, 2.75) is 71.8 Å². The summed E-state index contributed by atoms with van der Waals surface area (Å²) in [6.45, 7) is 11.2. The van der Waals surface area contributed by atoms with E-state index in [9.17, 15) is 0 Å². The third-order valence-corrected chi connectivity index (χ3v) is 5.43. The highest BCUT2D eigenvalue weighted by molar-refractivity contribution is 7.09. The third kappa shape index (κ3) is 4.28. The molecule has 2 nitrogen and oxygen atoms in total. The predicted octanol–water partition coefficient (Wildman–Crippen LogP) is 4.50. The van der Waals surface area contributed by atoms with Gasteiger partial charge in [-0.05, 0) is 18.3 Å². The number of nitrogens with one attached hydrogen (secondary N) is 1. The van der Waals surface area contributed by atoms with Crippen molar-refractivity contribution in [2.24, 2.45) is 5.41 Å². The molecule has 0 aromatic carbocycles. The summed E-state index contributed by atoms with van der Waals surface area (Å²) >= 11 is 1.79. The molecule has 0 aliphatic heterocycles. The Morgan fingerprint density at radius 3 is 2.53 bits per heavy atom. The molecule has 19 heavy (non-hydrogen) atoms. The van der Waals surface area contributed by atoms with Gasteiger partial charge in [-0.25, -0.2) is 4.98 Å². The molecule has 1 aromatic heterocycles. The van der Waals surface area contributed by atoms with Gasteiger partial charge in [0.05, 0.1) is 10.7 Å². The SMILES string of the molecule is CC1(CNCc2csc(C(C)(C)C)n2)CCCCC1. The first-order valence-corrected chi connectivity index (χ1v) is 8.43. The van der Waals surface area contributed by atoms with E-state index in [0.29, 0.717) is 5.41 Å². The molecule has 3 heteroatoms.